The second-order valence-corrected chi connectivity index (χ2v) is 2.77. The molecule has 3 N–H and O–H groups in total. The zero-order valence-corrected chi connectivity index (χ0v) is 8.16. The van der Waals surface area contributed by atoms with E-state index in [2.05, 4.69) is 11.9 Å². The number of allylic oxidation sites excluding steroid dienone is 3. The van der Waals surface area contributed by atoms with Crippen LogP contribution in [0.15, 0.2) is 47.1 Å². The van der Waals surface area contributed by atoms with Crippen molar-refractivity contribution in [1.82, 2.24) is 5.32 Å². The first-order valence-electron chi connectivity index (χ1n) is 4.28. The van der Waals surface area contributed by atoms with Crippen LogP contribution in [0.1, 0.15) is 5.76 Å². The lowest BCUT2D eigenvalue weighted by atomic mass is 10.2. The number of nitrogens with one attached hydrogen (secondary N) is 1. The second-order valence-electron chi connectivity index (χ2n) is 2.77. The van der Waals surface area contributed by atoms with Gasteiger partial charge in [0.25, 0.3) is 0 Å². The van der Waals surface area contributed by atoms with Crippen molar-refractivity contribution < 1.29 is 4.42 Å². The summed E-state index contributed by atoms with van der Waals surface area (Å²) in [7, 11) is 1.83. The summed E-state index contributed by atoms with van der Waals surface area (Å²) >= 11 is 0. The fourth-order valence-electron chi connectivity index (χ4n) is 0.893. The fraction of sp³-hybridized carbons (Fsp3) is 0.0909. The molecule has 0 saturated carbocycles. The van der Waals surface area contributed by atoms with Crippen LogP contribution in [0, 0.1) is 0 Å². The number of hydrogen-bond acceptors (Lipinski definition) is 3. The number of anilines is 1. The number of hydrogen-bond donors (Lipinski definition) is 2. The summed E-state index contributed by atoms with van der Waals surface area (Å²) in [6.45, 7) is 3.83. The third kappa shape index (κ3) is 3.23. The Morgan fingerprint density at radius 2 is 2.29 bits per heavy atom. The lowest BCUT2D eigenvalue weighted by Gasteiger charge is -1.89. The first-order chi connectivity index (χ1) is 6.72. The minimum atomic E-state index is 0.418. The molecule has 0 amide bonds. The number of rotatable bonds is 4. The van der Waals surface area contributed by atoms with Crippen LogP contribution in [0.3, 0.4) is 0 Å². The third-order valence-electron chi connectivity index (χ3n) is 1.57. The molecular weight excluding hydrogens is 176 g/mol. The maximum absolute atomic E-state index is 5.42. The van der Waals surface area contributed by atoms with Gasteiger partial charge in [-0.25, -0.2) is 0 Å². The molecule has 3 nitrogen and oxygen atoms in total. The van der Waals surface area contributed by atoms with E-state index in [9.17, 15) is 0 Å². The molecule has 0 fully saturated rings. The van der Waals surface area contributed by atoms with E-state index in [0.29, 0.717) is 5.88 Å². The highest BCUT2D eigenvalue weighted by Crippen LogP contribution is 2.11. The third-order valence-corrected chi connectivity index (χ3v) is 1.57. The summed E-state index contributed by atoms with van der Waals surface area (Å²) in [5.41, 5.74) is 6.30. The molecule has 0 aliphatic rings. The van der Waals surface area contributed by atoms with E-state index in [0.717, 1.165) is 11.3 Å². The standard InChI is InChI=1S/C11H14N2O/c1-9(7-8-13-2)3-4-10-5-6-11(12)14-10/h3-8,13H,1,12H2,2H3/b4-3+,8-7-. The van der Waals surface area contributed by atoms with Crippen LogP contribution in [0.2, 0.25) is 0 Å². The maximum atomic E-state index is 5.42. The fourth-order valence-corrected chi connectivity index (χ4v) is 0.893. The molecule has 0 radical (unpaired) electrons. The lowest BCUT2D eigenvalue weighted by Crippen LogP contribution is -1.90. The molecule has 0 aromatic carbocycles. The van der Waals surface area contributed by atoms with Gasteiger partial charge in [0.1, 0.15) is 5.76 Å². The average molecular weight is 190 g/mol. The summed E-state index contributed by atoms with van der Waals surface area (Å²) in [5.74, 6) is 1.14. The van der Waals surface area contributed by atoms with Crippen molar-refractivity contribution in [2.45, 2.75) is 0 Å². The molecule has 3 heteroatoms. The Labute approximate surface area is 83.6 Å². The monoisotopic (exact) mass is 190 g/mol. The smallest absolute Gasteiger partial charge is 0.190 e. The van der Waals surface area contributed by atoms with Crippen LogP contribution >= 0.6 is 0 Å². The van der Waals surface area contributed by atoms with E-state index in [4.69, 9.17) is 10.2 Å². The normalized spacial score (nSPS) is 11.2. The molecule has 74 valence electrons. The van der Waals surface area contributed by atoms with Crippen molar-refractivity contribution in [3.05, 3.63) is 48.4 Å². The molecule has 14 heavy (non-hydrogen) atoms. The molecule has 1 aromatic rings. The van der Waals surface area contributed by atoms with Crippen molar-refractivity contribution in [1.29, 1.82) is 0 Å². The van der Waals surface area contributed by atoms with Gasteiger partial charge in [-0.05, 0) is 30.0 Å². The van der Waals surface area contributed by atoms with Crippen LogP contribution in [0.25, 0.3) is 6.08 Å². The van der Waals surface area contributed by atoms with E-state index in [1.54, 1.807) is 12.1 Å². The van der Waals surface area contributed by atoms with Gasteiger partial charge in [-0.3, -0.25) is 0 Å². The van der Waals surface area contributed by atoms with Crippen molar-refractivity contribution in [3.63, 3.8) is 0 Å². The zero-order chi connectivity index (χ0) is 10.4. The molecule has 0 bridgehead atoms. The summed E-state index contributed by atoms with van der Waals surface area (Å²) in [6, 6.07) is 3.52. The predicted molar refractivity (Wildman–Crippen MR) is 59.5 cm³/mol. The quantitative estimate of drug-likeness (QED) is 0.715. The highest BCUT2D eigenvalue weighted by molar-refractivity contribution is 5.51. The molecule has 1 heterocycles. The molecule has 1 rings (SSSR count). The molecule has 0 atom stereocenters. The molecule has 0 spiro atoms. The average Bonchev–Trinajstić information content (AvgIpc) is 2.58. The van der Waals surface area contributed by atoms with E-state index < -0.39 is 0 Å². The van der Waals surface area contributed by atoms with Crippen LogP contribution in [0.5, 0.6) is 0 Å². The number of nitrogens with two attached hydrogens (primary N) is 1. The van der Waals surface area contributed by atoms with Gasteiger partial charge in [-0.2, -0.15) is 0 Å². The minimum Gasteiger partial charge on any atom is -0.442 e. The Kier molecular flexibility index (Phi) is 3.61. The van der Waals surface area contributed by atoms with E-state index in [1.165, 1.54) is 0 Å². The largest absolute Gasteiger partial charge is 0.442 e. The van der Waals surface area contributed by atoms with Gasteiger partial charge in [0.2, 0.25) is 0 Å². The van der Waals surface area contributed by atoms with Gasteiger partial charge in [-0.1, -0.05) is 12.7 Å². The van der Waals surface area contributed by atoms with Crippen molar-refractivity contribution >= 4 is 12.0 Å². The Bertz CT molecular complexity index is 361. The minimum absolute atomic E-state index is 0.418. The molecule has 0 unspecified atom stereocenters. The molecular formula is C11H14N2O. The number of furan rings is 1. The summed E-state index contributed by atoms with van der Waals surface area (Å²) in [6.07, 6.45) is 7.34. The lowest BCUT2D eigenvalue weighted by molar-refractivity contribution is 0.577. The van der Waals surface area contributed by atoms with E-state index in [-0.39, 0.29) is 0 Å². The first-order valence-corrected chi connectivity index (χ1v) is 4.28. The van der Waals surface area contributed by atoms with Crippen LogP contribution in [-0.4, -0.2) is 7.05 Å². The van der Waals surface area contributed by atoms with Gasteiger partial charge in [-0.15, -0.1) is 0 Å². The molecule has 1 aromatic heterocycles. The Balaban J connectivity index is 2.56. The van der Waals surface area contributed by atoms with Gasteiger partial charge in [0.05, 0.1) is 0 Å². The molecule has 0 aliphatic carbocycles. The van der Waals surface area contributed by atoms with E-state index >= 15 is 0 Å². The molecule has 0 saturated heterocycles. The van der Waals surface area contributed by atoms with Gasteiger partial charge in [0, 0.05) is 13.1 Å². The summed E-state index contributed by atoms with van der Waals surface area (Å²) in [4.78, 5) is 0. The highest BCUT2D eigenvalue weighted by Gasteiger charge is 1.92. The molecule has 0 aliphatic heterocycles. The van der Waals surface area contributed by atoms with Gasteiger partial charge < -0.3 is 15.5 Å². The zero-order valence-electron chi connectivity index (χ0n) is 8.16. The van der Waals surface area contributed by atoms with Crippen molar-refractivity contribution in [3.8, 4) is 0 Å². The van der Waals surface area contributed by atoms with Crippen molar-refractivity contribution in [2.75, 3.05) is 12.8 Å². The Morgan fingerprint density at radius 3 is 2.86 bits per heavy atom. The summed E-state index contributed by atoms with van der Waals surface area (Å²) in [5, 5.41) is 2.88. The Morgan fingerprint density at radius 1 is 1.50 bits per heavy atom. The van der Waals surface area contributed by atoms with Crippen molar-refractivity contribution in [2.24, 2.45) is 0 Å². The summed E-state index contributed by atoms with van der Waals surface area (Å²) < 4.78 is 5.15. The number of nitrogen functional groups attached to an aromatic ring is 1. The van der Waals surface area contributed by atoms with E-state index in [1.807, 2.05) is 31.5 Å². The van der Waals surface area contributed by atoms with Crippen LogP contribution < -0.4 is 11.1 Å². The Hall–Kier alpha value is -1.90. The SMILES string of the molecule is C=C(/C=C\NC)/C=C/c1ccc(N)o1. The highest BCUT2D eigenvalue weighted by atomic mass is 16.3. The first kappa shape index (κ1) is 10.2. The van der Waals surface area contributed by atoms with Gasteiger partial charge >= 0.3 is 0 Å². The second kappa shape index (κ2) is 4.97. The van der Waals surface area contributed by atoms with Crippen LogP contribution in [-0.2, 0) is 0 Å². The maximum Gasteiger partial charge on any atom is 0.190 e. The van der Waals surface area contributed by atoms with Crippen LogP contribution in [0.4, 0.5) is 5.88 Å². The topological polar surface area (TPSA) is 51.2 Å². The predicted octanol–water partition coefficient (Wildman–Crippen LogP) is 2.16. The van der Waals surface area contributed by atoms with Gasteiger partial charge in [0.15, 0.2) is 5.88 Å².